The maximum atomic E-state index is 13.1. The van der Waals surface area contributed by atoms with Crippen LogP contribution in [0.4, 0.5) is 0 Å². The van der Waals surface area contributed by atoms with E-state index in [9.17, 15) is 9.59 Å². The van der Waals surface area contributed by atoms with Crippen molar-refractivity contribution in [1.82, 2.24) is 4.90 Å². The Labute approximate surface area is 142 Å². The quantitative estimate of drug-likeness (QED) is 0.790. The Bertz CT molecular complexity index is 585. The average Bonchev–Trinajstić information content (AvgIpc) is 2.91. The SMILES string of the molecule is Cc1ccccc1C(=O)N1C(C(=O)OC(C)C)CSC1C(C)C. The van der Waals surface area contributed by atoms with E-state index < -0.39 is 6.04 Å². The number of aryl methyl sites for hydroxylation is 1. The molecule has 2 unspecified atom stereocenters. The van der Waals surface area contributed by atoms with Gasteiger partial charge in [0.1, 0.15) is 6.04 Å². The molecule has 2 atom stereocenters. The van der Waals surface area contributed by atoms with Gasteiger partial charge in [0, 0.05) is 11.3 Å². The molecule has 1 aromatic carbocycles. The molecule has 5 heteroatoms. The Kier molecular flexibility index (Phi) is 5.74. The van der Waals surface area contributed by atoms with E-state index in [1.54, 1.807) is 16.7 Å². The molecule has 1 aromatic rings. The number of nitrogens with zero attached hydrogens (tertiary/aromatic N) is 1. The summed E-state index contributed by atoms with van der Waals surface area (Å²) in [6, 6.07) is 7.00. The van der Waals surface area contributed by atoms with Gasteiger partial charge in [0.25, 0.3) is 5.91 Å². The number of benzene rings is 1. The lowest BCUT2D eigenvalue weighted by atomic mass is 10.1. The Morgan fingerprint density at radius 3 is 2.43 bits per heavy atom. The highest BCUT2D eigenvalue weighted by molar-refractivity contribution is 8.00. The molecule has 0 radical (unpaired) electrons. The van der Waals surface area contributed by atoms with Gasteiger partial charge in [0.05, 0.1) is 11.5 Å². The largest absolute Gasteiger partial charge is 0.461 e. The van der Waals surface area contributed by atoms with Gasteiger partial charge in [-0.2, -0.15) is 0 Å². The van der Waals surface area contributed by atoms with Crippen molar-refractivity contribution < 1.29 is 14.3 Å². The first kappa shape index (κ1) is 17.9. The van der Waals surface area contributed by atoms with E-state index in [1.807, 2.05) is 45.0 Å². The summed E-state index contributed by atoms with van der Waals surface area (Å²) >= 11 is 1.66. The van der Waals surface area contributed by atoms with Gasteiger partial charge in [-0.1, -0.05) is 32.0 Å². The fraction of sp³-hybridized carbons (Fsp3) is 0.556. The van der Waals surface area contributed by atoms with Gasteiger partial charge in [-0.25, -0.2) is 4.79 Å². The Morgan fingerprint density at radius 1 is 1.22 bits per heavy atom. The van der Waals surface area contributed by atoms with Crippen molar-refractivity contribution in [3.63, 3.8) is 0 Å². The van der Waals surface area contributed by atoms with Gasteiger partial charge in [0.2, 0.25) is 0 Å². The Morgan fingerprint density at radius 2 is 1.87 bits per heavy atom. The third-order valence-corrected chi connectivity index (χ3v) is 5.46. The van der Waals surface area contributed by atoms with E-state index in [4.69, 9.17) is 4.74 Å². The standard InChI is InChI=1S/C18H25NO3S/c1-11(2)17-19(15(10-23-17)18(21)22-12(3)4)16(20)14-9-7-6-8-13(14)5/h6-9,11-12,15,17H,10H2,1-5H3. The van der Waals surface area contributed by atoms with Crippen LogP contribution >= 0.6 is 11.8 Å². The zero-order valence-corrected chi connectivity index (χ0v) is 15.2. The minimum absolute atomic E-state index is 0.00758. The molecule has 1 amide bonds. The summed E-state index contributed by atoms with van der Waals surface area (Å²) in [6.07, 6.45) is -0.180. The van der Waals surface area contributed by atoms with Crippen molar-refractivity contribution in [1.29, 1.82) is 0 Å². The molecular formula is C18H25NO3S. The molecule has 1 aliphatic rings. The zero-order valence-electron chi connectivity index (χ0n) is 14.4. The van der Waals surface area contributed by atoms with Gasteiger partial charge in [-0.15, -0.1) is 11.8 Å². The molecule has 4 nitrogen and oxygen atoms in total. The fourth-order valence-electron chi connectivity index (χ4n) is 2.74. The van der Waals surface area contributed by atoms with E-state index >= 15 is 0 Å². The lowest BCUT2D eigenvalue weighted by Gasteiger charge is -2.31. The molecular weight excluding hydrogens is 310 g/mol. The third kappa shape index (κ3) is 3.89. The number of hydrogen-bond acceptors (Lipinski definition) is 4. The lowest BCUT2D eigenvalue weighted by molar-refractivity contribution is -0.152. The summed E-state index contributed by atoms with van der Waals surface area (Å²) in [6.45, 7) is 9.72. The van der Waals surface area contributed by atoms with Crippen LogP contribution in [-0.4, -0.2) is 40.0 Å². The first-order chi connectivity index (χ1) is 10.8. The minimum atomic E-state index is -0.512. The summed E-state index contributed by atoms with van der Waals surface area (Å²) in [5.41, 5.74) is 1.58. The molecule has 0 aromatic heterocycles. The number of esters is 1. The third-order valence-electron chi connectivity index (χ3n) is 3.84. The predicted octanol–water partition coefficient (Wildman–Crippen LogP) is 3.49. The zero-order chi connectivity index (χ0) is 17.1. The second-order valence-electron chi connectivity index (χ2n) is 6.50. The second-order valence-corrected chi connectivity index (χ2v) is 7.65. The number of ether oxygens (including phenoxy) is 1. The van der Waals surface area contributed by atoms with E-state index in [0.29, 0.717) is 11.3 Å². The van der Waals surface area contributed by atoms with Crippen LogP contribution in [0.1, 0.15) is 43.6 Å². The molecule has 126 valence electrons. The highest BCUT2D eigenvalue weighted by Crippen LogP contribution is 2.36. The second kappa shape index (κ2) is 7.39. The highest BCUT2D eigenvalue weighted by Gasteiger charge is 2.44. The van der Waals surface area contributed by atoms with E-state index in [1.165, 1.54) is 0 Å². The fourth-order valence-corrected chi connectivity index (χ4v) is 4.21. The van der Waals surface area contributed by atoms with Crippen LogP contribution < -0.4 is 0 Å². The Hall–Kier alpha value is -1.49. The molecule has 23 heavy (non-hydrogen) atoms. The molecule has 0 N–H and O–H groups in total. The predicted molar refractivity (Wildman–Crippen MR) is 93.4 cm³/mol. The van der Waals surface area contributed by atoms with Crippen molar-refractivity contribution in [3.8, 4) is 0 Å². The first-order valence-electron chi connectivity index (χ1n) is 8.03. The van der Waals surface area contributed by atoms with Crippen molar-refractivity contribution >= 4 is 23.6 Å². The number of carbonyl (C=O) groups is 2. The van der Waals surface area contributed by atoms with Crippen LogP contribution in [0.5, 0.6) is 0 Å². The molecule has 1 fully saturated rings. The number of thioether (sulfide) groups is 1. The van der Waals surface area contributed by atoms with Crippen molar-refractivity contribution in [2.75, 3.05) is 5.75 Å². The number of hydrogen-bond donors (Lipinski definition) is 0. The van der Waals surface area contributed by atoms with Crippen molar-refractivity contribution in [2.24, 2.45) is 5.92 Å². The Balaban J connectivity index is 2.33. The van der Waals surface area contributed by atoms with E-state index in [0.717, 1.165) is 5.56 Å². The van der Waals surface area contributed by atoms with Gasteiger partial charge >= 0.3 is 5.97 Å². The summed E-state index contributed by atoms with van der Waals surface area (Å²) in [4.78, 5) is 27.2. The maximum Gasteiger partial charge on any atom is 0.330 e. The molecule has 0 aliphatic carbocycles. The summed E-state index contributed by atoms with van der Waals surface area (Å²) in [5, 5.41) is -0.00758. The summed E-state index contributed by atoms with van der Waals surface area (Å²) in [5.74, 6) is 0.464. The summed E-state index contributed by atoms with van der Waals surface area (Å²) in [7, 11) is 0. The number of amides is 1. The highest BCUT2D eigenvalue weighted by atomic mass is 32.2. The summed E-state index contributed by atoms with van der Waals surface area (Å²) < 4.78 is 5.36. The van der Waals surface area contributed by atoms with Crippen LogP contribution in [-0.2, 0) is 9.53 Å². The van der Waals surface area contributed by atoms with Crippen LogP contribution in [0, 0.1) is 12.8 Å². The van der Waals surface area contributed by atoms with E-state index in [-0.39, 0.29) is 29.3 Å². The topological polar surface area (TPSA) is 46.6 Å². The van der Waals surface area contributed by atoms with Crippen LogP contribution in [0.3, 0.4) is 0 Å². The normalized spacial score (nSPS) is 21.1. The molecule has 1 heterocycles. The lowest BCUT2D eigenvalue weighted by Crippen LogP contribution is -2.48. The smallest absolute Gasteiger partial charge is 0.330 e. The molecule has 0 saturated carbocycles. The monoisotopic (exact) mass is 335 g/mol. The van der Waals surface area contributed by atoms with Gasteiger partial charge in [0.15, 0.2) is 0 Å². The maximum absolute atomic E-state index is 13.1. The first-order valence-corrected chi connectivity index (χ1v) is 9.08. The van der Waals surface area contributed by atoms with Crippen LogP contribution in [0.25, 0.3) is 0 Å². The van der Waals surface area contributed by atoms with Crippen LogP contribution in [0.15, 0.2) is 24.3 Å². The van der Waals surface area contributed by atoms with Gasteiger partial charge in [-0.05, 0) is 38.3 Å². The van der Waals surface area contributed by atoms with Crippen molar-refractivity contribution in [2.45, 2.75) is 52.1 Å². The van der Waals surface area contributed by atoms with Crippen LogP contribution in [0.2, 0.25) is 0 Å². The average molecular weight is 335 g/mol. The molecule has 1 aliphatic heterocycles. The van der Waals surface area contributed by atoms with Crippen molar-refractivity contribution in [3.05, 3.63) is 35.4 Å². The van der Waals surface area contributed by atoms with E-state index in [2.05, 4.69) is 13.8 Å². The van der Waals surface area contributed by atoms with Gasteiger partial charge in [-0.3, -0.25) is 4.79 Å². The molecule has 2 rings (SSSR count). The minimum Gasteiger partial charge on any atom is -0.461 e. The number of rotatable bonds is 4. The molecule has 0 spiro atoms. The number of carbonyl (C=O) groups excluding carboxylic acids is 2. The van der Waals surface area contributed by atoms with Gasteiger partial charge < -0.3 is 9.64 Å². The molecule has 0 bridgehead atoms. The molecule has 1 saturated heterocycles.